The summed E-state index contributed by atoms with van der Waals surface area (Å²) in [6, 6.07) is 0. The fourth-order valence-corrected chi connectivity index (χ4v) is 14.3. The molecule has 0 spiro atoms. The van der Waals surface area contributed by atoms with E-state index in [1.807, 2.05) is 0 Å². The van der Waals surface area contributed by atoms with Crippen LogP contribution in [0.5, 0.6) is 0 Å². The first kappa shape index (κ1) is 30.4. The highest BCUT2D eigenvalue weighted by Crippen LogP contribution is 2.76. The molecule has 0 bridgehead atoms. The standard InChI is InChI=1S/C38H68O/c1-22(2)32-24(4)21-36(10)35(39-25(5)20-30-17-13-14-18-30)37(11)27(7)31-19-15-16-23(3)33(31)26(6)34(37)29(9)38(36,12)28(32)8/h22-35H,13-21H2,1-12H3. The molecule has 0 aliphatic heterocycles. The van der Waals surface area contributed by atoms with Crippen LogP contribution >= 0.6 is 0 Å². The van der Waals surface area contributed by atoms with Crippen molar-refractivity contribution < 1.29 is 4.74 Å². The molecule has 1 nitrogen and oxygen atoms in total. The summed E-state index contributed by atoms with van der Waals surface area (Å²) in [4.78, 5) is 0. The summed E-state index contributed by atoms with van der Waals surface area (Å²) < 4.78 is 7.73. The van der Waals surface area contributed by atoms with Crippen LogP contribution in [0.15, 0.2) is 0 Å². The van der Waals surface area contributed by atoms with Gasteiger partial charge in [0.1, 0.15) is 0 Å². The van der Waals surface area contributed by atoms with E-state index in [9.17, 15) is 0 Å². The first-order valence-corrected chi connectivity index (χ1v) is 17.9. The first-order valence-electron chi connectivity index (χ1n) is 17.9. The van der Waals surface area contributed by atoms with Gasteiger partial charge >= 0.3 is 0 Å². The van der Waals surface area contributed by atoms with Crippen LogP contribution in [0.25, 0.3) is 0 Å². The molecule has 0 aromatic carbocycles. The molecule has 5 fully saturated rings. The Morgan fingerprint density at radius 1 is 0.744 bits per heavy atom. The van der Waals surface area contributed by atoms with Gasteiger partial charge in [-0.1, -0.05) is 115 Å². The largest absolute Gasteiger partial charge is 0.374 e. The molecule has 5 aliphatic carbocycles. The van der Waals surface area contributed by atoms with E-state index < -0.39 is 0 Å². The molecule has 0 aromatic rings. The number of hydrogen-bond donors (Lipinski definition) is 0. The smallest absolute Gasteiger partial charge is 0.0696 e. The maximum Gasteiger partial charge on any atom is 0.0696 e. The molecule has 15 unspecified atom stereocenters. The summed E-state index contributed by atoms with van der Waals surface area (Å²) in [5, 5.41) is 0. The Balaban J connectivity index is 1.63. The number of fused-ring (bicyclic) bond motifs is 3. The highest BCUT2D eigenvalue weighted by atomic mass is 16.5. The molecule has 0 heterocycles. The van der Waals surface area contributed by atoms with Gasteiger partial charge < -0.3 is 4.74 Å². The second-order valence-corrected chi connectivity index (χ2v) is 17.7. The highest BCUT2D eigenvalue weighted by molar-refractivity contribution is 5.22. The highest BCUT2D eigenvalue weighted by Gasteiger charge is 2.74. The number of hydrogen-bond acceptors (Lipinski definition) is 1. The zero-order valence-corrected chi connectivity index (χ0v) is 28.4. The van der Waals surface area contributed by atoms with E-state index in [4.69, 9.17) is 4.74 Å². The average molecular weight is 541 g/mol. The lowest BCUT2D eigenvalue weighted by Crippen LogP contribution is -2.75. The van der Waals surface area contributed by atoms with Gasteiger partial charge in [0, 0.05) is 10.8 Å². The third-order valence-electron chi connectivity index (χ3n) is 15.9. The fourth-order valence-electron chi connectivity index (χ4n) is 14.3. The van der Waals surface area contributed by atoms with Crippen LogP contribution in [0.2, 0.25) is 0 Å². The van der Waals surface area contributed by atoms with Gasteiger partial charge in [0.2, 0.25) is 0 Å². The molecule has 15 atom stereocenters. The molecule has 5 aliphatic rings. The molecule has 0 aromatic heterocycles. The monoisotopic (exact) mass is 541 g/mol. The fraction of sp³-hybridized carbons (Fsp3) is 1.00. The van der Waals surface area contributed by atoms with Gasteiger partial charge in [-0.3, -0.25) is 0 Å². The van der Waals surface area contributed by atoms with Crippen molar-refractivity contribution in [3.8, 4) is 0 Å². The van der Waals surface area contributed by atoms with Crippen molar-refractivity contribution in [3.63, 3.8) is 0 Å². The predicted octanol–water partition coefficient (Wildman–Crippen LogP) is 10.9. The molecule has 39 heavy (non-hydrogen) atoms. The van der Waals surface area contributed by atoms with E-state index in [1.165, 1.54) is 57.8 Å². The van der Waals surface area contributed by atoms with E-state index in [0.717, 1.165) is 71.0 Å². The summed E-state index contributed by atoms with van der Waals surface area (Å²) in [6.45, 7) is 31.8. The van der Waals surface area contributed by atoms with Crippen molar-refractivity contribution in [1.82, 2.24) is 0 Å². The van der Waals surface area contributed by atoms with Crippen LogP contribution in [-0.2, 0) is 4.74 Å². The van der Waals surface area contributed by atoms with Gasteiger partial charge in [0.05, 0.1) is 12.2 Å². The maximum atomic E-state index is 7.73. The quantitative estimate of drug-likeness (QED) is 0.337. The van der Waals surface area contributed by atoms with Crippen LogP contribution < -0.4 is 0 Å². The van der Waals surface area contributed by atoms with Gasteiger partial charge in [0.25, 0.3) is 0 Å². The van der Waals surface area contributed by atoms with E-state index in [2.05, 4.69) is 83.1 Å². The van der Waals surface area contributed by atoms with E-state index >= 15 is 0 Å². The van der Waals surface area contributed by atoms with Crippen molar-refractivity contribution in [2.45, 2.75) is 153 Å². The molecular formula is C38H68O. The summed E-state index contributed by atoms with van der Waals surface area (Å²) in [7, 11) is 0. The minimum Gasteiger partial charge on any atom is -0.374 e. The molecule has 0 N–H and O–H groups in total. The van der Waals surface area contributed by atoms with E-state index in [-0.39, 0.29) is 10.8 Å². The second kappa shape index (κ2) is 10.6. The Hall–Kier alpha value is -0.0400. The lowest BCUT2D eigenvalue weighted by Gasteiger charge is -2.76. The molecule has 0 saturated heterocycles. The summed E-state index contributed by atoms with van der Waals surface area (Å²) in [5.41, 5.74) is 0.765. The Morgan fingerprint density at radius 3 is 2.00 bits per heavy atom. The van der Waals surface area contributed by atoms with Gasteiger partial charge in [0.15, 0.2) is 0 Å². The van der Waals surface area contributed by atoms with Crippen molar-refractivity contribution in [1.29, 1.82) is 0 Å². The zero-order chi connectivity index (χ0) is 28.7. The summed E-state index contributed by atoms with van der Waals surface area (Å²) in [6.07, 6.45) is 13.5. The summed E-state index contributed by atoms with van der Waals surface area (Å²) in [5.74, 6) is 9.63. The van der Waals surface area contributed by atoms with E-state index in [1.54, 1.807) is 0 Å². The van der Waals surface area contributed by atoms with Gasteiger partial charge in [-0.25, -0.2) is 0 Å². The molecule has 1 heteroatoms. The molecule has 0 amide bonds. The Bertz CT molecular complexity index is 857. The topological polar surface area (TPSA) is 9.23 Å². The zero-order valence-electron chi connectivity index (χ0n) is 28.4. The van der Waals surface area contributed by atoms with Crippen LogP contribution in [0, 0.1) is 87.3 Å². The molecule has 226 valence electrons. The SMILES string of the molecule is CC(CC1CCCC1)OC1C2(C)C(C)C3CCCC(C)C3C(C)C2C(C)C2(C)C(C)C(C(C)C)C(C)CC12C. The van der Waals surface area contributed by atoms with Crippen LogP contribution in [-0.4, -0.2) is 12.2 Å². The van der Waals surface area contributed by atoms with Crippen LogP contribution in [0.3, 0.4) is 0 Å². The second-order valence-electron chi connectivity index (χ2n) is 17.7. The molecule has 5 rings (SSSR count). The Labute approximate surface area is 244 Å². The Kier molecular flexibility index (Phi) is 8.26. The number of rotatable bonds is 5. The number of ether oxygens (including phenoxy) is 1. The maximum absolute atomic E-state index is 7.73. The van der Waals surface area contributed by atoms with Gasteiger partial charge in [-0.2, -0.15) is 0 Å². The van der Waals surface area contributed by atoms with Crippen LogP contribution in [0.4, 0.5) is 0 Å². The van der Waals surface area contributed by atoms with E-state index in [0.29, 0.717) is 17.6 Å². The molecular weight excluding hydrogens is 472 g/mol. The third kappa shape index (κ3) is 4.29. The Morgan fingerprint density at radius 2 is 1.38 bits per heavy atom. The minimum atomic E-state index is 0.215. The van der Waals surface area contributed by atoms with Crippen LogP contribution in [0.1, 0.15) is 141 Å². The average Bonchev–Trinajstić information content (AvgIpc) is 3.36. The molecule has 5 saturated carbocycles. The van der Waals surface area contributed by atoms with Gasteiger partial charge in [-0.15, -0.1) is 0 Å². The predicted molar refractivity (Wildman–Crippen MR) is 167 cm³/mol. The van der Waals surface area contributed by atoms with Crippen molar-refractivity contribution in [2.75, 3.05) is 0 Å². The lowest BCUT2D eigenvalue weighted by molar-refractivity contribution is -0.328. The normalized spacial score (nSPS) is 55.2. The van der Waals surface area contributed by atoms with Gasteiger partial charge in [-0.05, 0) is 103 Å². The first-order chi connectivity index (χ1) is 18.2. The van der Waals surface area contributed by atoms with Crippen molar-refractivity contribution >= 4 is 0 Å². The summed E-state index contributed by atoms with van der Waals surface area (Å²) >= 11 is 0. The lowest BCUT2D eigenvalue weighted by atomic mass is 9.29. The molecule has 0 radical (unpaired) electrons. The van der Waals surface area contributed by atoms with Crippen molar-refractivity contribution in [2.24, 2.45) is 87.3 Å². The third-order valence-corrected chi connectivity index (χ3v) is 15.9. The van der Waals surface area contributed by atoms with Crippen molar-refractivity contribution in [3.05, 3.63) is 0 Å². The minimum absolute atomic E-state index is 0.215.